The Morgan fingerprint density at radius 1 is 1.07 bits per heavy atom. The van der Waals surface area contributed by atoms with Crippen LogP contribution in [0, 0.1) is 6.07 Å². The van der Waals surface area contributed by atoms with Crippen LogP contribution in [-0.4, -0.2) is 4.98 Å². The summed E-state index contributed by atoms with van der Waals surface area (Å²) in [7, 11) is 0. The number of benzene rings is 1. The molecule has 0 saturated heterocycles. The van der Waals surface area contributed by atoms with Crippen LogP contribution in [0.2, 0.25) is 0 Å². The maximum absolute atomic E-state index is 5.45. The van der Waals surface area contributed by atoms with Gasteiger partial charge in [-0.05, 0) is 35.9 Å². The number of aromatic nitrogens is 1. The van der Waals surface area contributed by atoms with Crippen LogP contribution in [0.5, 0.6) is 0 Å². The topological polar surface area (TPSA) is 26.0 Å². The van der Waals surface area contributed by atoms with Gasteiger partial charge in [-0.15, -0.1) is 0 Å². The molecule has 1 aromatic carbocycles. The predicted octanol–water partition coefficient (Wildman–Crippen LogP) is 3.29. The Kier molecular flexibility index (Phi) is 1.78. The van der Waals surface area contributed by atoms with E-state index in [9.17, 15) is 0 Å². The summed E-state index contributed by atoms with van der Waals surface area (Å²) in [6.07, 6.45) is 5.24. The Labute approximate surface area is 87.2 Å². The van der Waals surface area contributed by atoms with Crippen molar-refractivity contribution >= 4 is 11.0 Å². The minimum absolute atomic E-state index is 0.878. The lowest BCUT2D eigenvalue weighted by Gasteiger charge is -2.00. The lowest BCUT2D eigenvalue weighted by molar-refractivity contribution is 0.617. The minimum Gasteiger partial charge on any atom is -0.464 e. The molecule has 2 nitrogen and oxygen atoms in total. The number of pyridine rings is 1. The fourth-order valence-corrected chi connectivity index (χ4v) is 1.68. The highest BCUT2D eigenvalue weighted by atomic mass is 16.3. The van der Waals surface area contributed by atoms with E-state index in [2.05, 4.69) is 11.1 Å². The van der Waals surface area contributed by atoms with Gasteiger partial charge in [0.2, 0.25) is 0 Å². The number of hydrogen-bond acceptors (Lipinski definition) is 2. The molecule has 0 aliphatic rings. The zero-order chi connectivity index (χ0) is 10.1. The van der Waals surface area contributed by atoms with E-state index in [-0.39, 0.29) is 0 Å². The first-order valence-corrected chi connectivity index (χ1v) is 4.73. The molecule has 2 heteroatoms. The van der Waals surface area contributed by atoms with Crippen LogP contribution >= 0.6 is 0 Å². The summed E-state index contributed by atoms with van der Waals surface area (Å²) in [5.74, 6) is 0. The molecule has 0 N–H and O–H groups in total. The van der Waals surface area contributed by atoms with Gasteiger partial charge >= 0.3 is 0 Å². The Hall–Kier alpha value is -2.09. The van der Waals surface area contributed by atoms with Gasteiger partial charge in [0.15, 0.2) is 0 Å². The van der Waals surface area contributed by atoms with Crippen molar-refractivity contribution in [3.8, 4) is 11.1 Å². The minimum atomic E-state index is 0.878. The van der Waals surface area contributed by atoms with E-state index >= 15 is 0 Å². The van der Waals surface area contributed by atoms with Gasteiger partial charge in [-0.3, -0.25) is 4.98 Å². The Balaban J connectivity index is 2.31. The van der Waals surface area contributed by atoms with Crippen molar-refractivity contribution in [3.63, 3.8) is 0 Å². The molecule has 0 saturated carbocycles. The summed E-state index contributed by atoms with van der Waals surface area (Å²) in [6.45, 7) is 0. The molecule has 1 radical (unpaired) electrons. The van der Waals surface area contributed by atoms with E-state index in [1.807, 2.05) is 30.3 Å². The van der Waals surface area contributed by atoms with Crippen LogP contribution in [-0.2, 0) is 0 Å². The van der Waals surface area contributed by atoms with Gasteiger partial charge in [0.25, 0.3) is 0 Å². The third kappa shape index (κ3) is 1.31. The van der Waals surface area contributed by atoms with Gasteiger partial charge in [0.05, 0.1) is 6.26 Å². The fourth-order valence-electron chi connectivity index (χ4n) is 1.68. The average Bonchev–Trinajstić information content (AvgIpc) is 2.78. The number of rotatable bonds is 1. The molecule has 0 unspecified atom stereocenters. The largest absolute Gasteiger partial charge is 0.464 e. The van der Waals surface area contributed by atoms with Crippen molar-refractivity contribution in [2.45, 2.75) is 0 Å². The summed E-state index contributed by atoms with van der Waals surface area (Å²) in [6, 6.07) is 12.9. The Bertz CT molecular complexity index is 584. The van der Waals surface area contributed by atoms with Crippen LogP contribution in [0.1, 0.15) is 0 Å². The van der Waals surface area contributed by atoms with Gasteiger partial charge in [0, 0.05) is 23.3 Å². The molecule has 0 spiro atoms. The highest BCUT2D eigenvalue weighted by Gasteiger charge is 2.05. The number of furan rings is 1. The molecule has 15 heavy (non-hydrogen) atoms. The number of fused-ring (bicyclic) bond motifs is 1. The molecule has 2 aromatic heterocycles. The maximum atomic E-state index is 5.45. The first kappa shape index (κ1) is 8.24. The summed E-state index contributed by atoms with van der Waals surface area (Å²) >= 11 is 0. The lowest BCUT2D eigenvalue weighted by atomic mass is 10.1. The number of hydrogen-bond donors (Lipinski definition) is 0. The van der Waals surface area contributed by atoms with Crippen molar-refractivity contribution < 1.29 is 4.42 Å². The fraction of sp³-hybridized carbons (Fsp3) is 0. The molecule has 0 fully saturated rings. The normalized spacial score (nSPS) is 10.7. The van der Waals surface area contributed by atoms with E-state index in [1.54, 1.807) is 18.7 Å². The van der Waals surface area contributed by atoms with Crippen molar-refractivity contribution in [2.24, 2.45) is 0 Å². The molecule has 0 amide bonds. The second-order valence-electron chi connectivity index (χ2n) is 3.29. The van der Waals surface area contributed by atoms with Gasteiger partial charge in [-0.1, -0.05) is 6.07 Å². The van der Waals surface area contributed by atoms with Crippen LogP contribution in [0.25, 0.3) is 22.1 Å². The van der Waals surface area contributed by atoms with E-state index < -0.39 is 0 Å². The smallest absolute Gasteiger partial charge is 0.142 e. The van der Waals surface area contributed by atoms with E-state index in [4.69, 9.17) is 4.42 Å². The van der Waals surface area contributed by atoms with Crippen molar-refractivity contribution in [2.75, 3.05) is 0 Å². The Morgan fingerprint density at radius 3 is 2.80 bits per heavy atom. The average molecular weight is 194 g/mol. The number of nitrogens with zero attached hydrogens (tertiary/aromatic N) is 1. The monoisotopic (exact) mass is 194 g/mol. The molecule has 0 aliphatic carbocycles. The summed E-state index contributed by atoms with van der Waals surface area (Å²) < 4.78 is 5.45. The summed E-state index contributed by atoms with van der Waals surface area (Å²) in [5, 5.41) is 1.00. The molecule has 71 valence electrons. The first-order valence-electron chi connectivity index (χ1n) is 4.73. The molecule has 0 aliphatic heterocycles. The van der Waals surface area contributed by atoms with Crippen molar-refractivity contribution in [1.82, 2.24) is 4.98 Å². The molecule has 0 bridgehead atoms. The van der Waals surface area contributed by atoms with E-state index in [0.717, 1.165) is 22.1 Å². The second-order valence-corrected chi connectivity index (χ2v) is 3.29. The van der Waals surface area contributed by atoms with Crippen LogP contribution in [0.4, 0.5) is 0 Å². The van der Waals surface area contributed by atoms with Crippen LogP contribution in [0.15, 0.2) is 53.4 Å². The van der Waals surface area contributed by atoms with Crippen LogP contribution in [0.3, 0.4) is 0 Å². The lowest BCUT2D eigenvalue weighted by Crippen LogP contribution is -1.78. The van der Waals surface area contributed by atoms with Gasteiger partial charge in [0.1, 0.15) is 5.58 Å². The Morgan fingerprint density at radius 2 is 1.93 bits per heavy atom. The van der Waals surface area contributed by atoms with Gasteiger partial charge < -0.3 is 4.42 Å². The first-order chi connectivity index (χ1) is 7.45. The van der Waals surface area contributed by atoms with Crippen LogP contribution < -0.4 is 0 Å². The van der Waals surface area contributed by atoms with E-state index in [0.29, 0.717) is 0 Å². The van der Waals surface area contributed by atoms with Crippen molar-refractivity contribution in [3.05, 3.63) is 55.1 Å². The summed E-state index contributed by atoms with van der Waals surface area (Å²) in [5.41, 5.74) is 3.07. The third-order valence-electron chi connectivity index (χ3n) is 2.39. The molecule has 0 atom stereocenters. The maximum Gasteiger partial charge on any atom is 0.142 e. The molecule has 3 aromatic rings. The SMILES string of the molecule is [c]1ccc(-c2ccncc2)c2occc12. The molecular formula is C13H8NO. The predicted molar refractivity (Wildman–Crippen MR) is 58.3 cm³/mol. The van der Waals surface area contributed by atoms with Gasteiger partial charge in [-0.2, -0.15) is 0 Å². The molecule has 3 rings (SSSR count). The molecular weight excluding hydrogens is 186 g/mol. The van der Waals surface area contributed by atoms with Gasteiger partial charge in [-0.25, -0.2) is 0 Å². The zero-order valence-electron chi connectivity index (χ0n) is 7.97. The standard InChI is InChI=1S/C13H8NO/c1-2-11-6-9-15-13(11)12(3-1)10-4-7-14-8-5-10/h1,3-9H. The summed E-state index contributed by atoms with van der Waals surface area (Å²) in [4.78, 5) is 4.00. The quantitative estimate of drug-likeness (QED) is 0.594. The van der Waals surface area contributed by atoms with Crippen molar-refractivity contribution in [1.29, 1.82) is 0 Å². The highest BCUT2D eigenvalue weighted by molar-refractivity contribution is 5.91. The van der Waals surface area contributed by atoms with E-state index in [1.165, 1.54) is 0 Å². The third-order valence-corrected chi connectivity index (χ3v) is 2.39. The zero-order valence-corrected chi connectivity index (χ0v) is 7.97. The highest BCUT2D eigenvalue weighted by Crippen LogP contribution is 2.28. The molecule has 2 heterocycles. The second kappa shape index (κ2) is 3.24.